The Hall–Kier alpha value is -2.38. The summed E-state index contributed by atoms with van der Waals surface area (Å²) in [6, 6.07) is 9.73. The minimum absolute atomic E-state index is 0.00287. The smallest absolute Gasteiger partial charge is 0.258 e. The molecule has 198 valence electrons. The molecule has 0 aromatic heterocycles. The Labute approximate surface area is 216 Å². The first-order chi connectivity index (χ1) is 16.7. The largest absolute Gasteiger partial charge is 0.486 e. The van der Waals surface area contributed by atoms with E-state index in [-0.39, 0.29) is 47.5 Å². The van der Waals surface area contributed by atoms with Gasteiger partial charge < -0.3 is 14.7 Å². The van der Waals surface area contributed by atoms with E-state index in [1.54, 1.807) is 13.8 Å². The first-order valence-corrected chi connectivity index (χ1v) is 14.9. The van der Waals surface area contributed by atoms with Crippen LogP contribution in [0.1, 0.15) is 24.2 Å². The molecule has 2 aromatic carbocycles. The SMILES string of the molecule is C[C@H](CO)N1C[C@H](C)[C@@H](CN(C)S(=O)(=O)c2ccc(Cl)cc2)Oc2c(NS(C)(=O)=O)cccc2C1=O. The molecule has 0 fully saturated rings. The highest BCUT2D eigenvalue weighted by Gasteiger charge is 2.36. The normalized spacial score (nSPS) is 19.8. The summed E-state index contributed by atoms with van der Waals surface area (Å²) in [4.78, 5) is 14.9. The molecule has 2 aromatic rings. The van der Waals surface area contributed by atoms with Gasteiger partial charge in [0.25, 0.3) is 5.91 Å². The first kappa shape index (κ1) is 28.2. The number of halogens is 1. The summed E-state index contributed by atoms with van der Waals surface area (Å²) in [5, 5.41) is 10.2. The highest BCUT2D eigenvalue weighted by atomic mass is 35.5. The van der Waals surface area contributed by atoms with Gasteiger partial charge in [0.2, 0.25) is 20.0 Å². The number of rotatable bonds is 8. The number of aliphatic hydroxyl groups is 1. The third-order valence-electron chi connectivity index (χ3n) is 5.95. The molecule has 3 atom stereocenters. The maximum atomic E-state index is 13.4. The van der Waals surface area contributed by atoms with E-state index in [0.717, 1.165) is 10.6 Å². The number of aliphatic hydroxyl groups excluding tert-OH is 1. The van der Waals surface area contributed by atoms with Crippen LogP contribution >= 0.6 is 11.6 Å². The molecular formula is C23H30ClN3O7S2. The second kappa shape index (κ2) is 10.9. The topological polar surface area (TPSA) is 133 Å². The van der Waals surface area contributed by atoms with Crippen LogP contribution in [-0.2, 0) is 20.0 Å². The van der Waals surface area contributed by atoms with Crippen molar-refractivity contribution in [2.45, 2.75) is 30.9 Å². The first-order valence-electron chi connectivity index (χ1n) is 11.2. The third-order valence-corrected chi connectivity index (χ3v) is 8.63. The van der Waals surface area contributed by atoms with Crippen molar-refractivity contribution in [3.8, 4) is 5.75 Å². The zero-order valence-electron chi connectivity index (χ0n) is 20.4. The zero-order chi connectivity index (χ0) is 26.8. The van der Waals surface area contributed by atoms with Gasteiger partial charge in [0, 0.05) is 24.5 Å². The van der Waals surface area contributed by atoms with Gasteiger partial charge in [0.05, 0.1) is 41.6 Å². The third kappa shape index (κ3) is 6.30. The molecule has 0 radical (unpaired) electrons. The number of hydrogen-bond acceptors (Lipinski definition) is 7. The van der Waals surface area contributed by atoms with E-state index in [1.807, 2.05) is 0 Å². The molecule has 0 saturated carbocycles. The molecule has 0 unspecified atom stereocenters. The van der Waals surface area contributed by atoms with Crippen molar-refractivity contribution >= 4 is 43.2 Å². The molecule has 3 rings (SSSR count). The van der Waals surface area contributed by atoms with Crippen LogP contribution in [-0.4, -0.2) is 82.2 Å². The van der Waals surface area contributed by atoms with Gasteiger partial charge in [-0.1, -0.05) is 24.6 Å². The molecule has 0 spiro atoms. The van der Waals surface area contributed by atoms with E-state index in [2.05, 4.69) is 4.72 Å². The van der Waals surface area contributed by atoms with Crippen LogP contribution in [0.15, 0.2) is 47.4 Å². The molecule has 1 aliphatic heterocycles. The highest BCUT2D eigenvalue weighted by molar-refractivity contribution is 7.92. The monoisotopic (exact) mass is 559 g/mol. The number of hydrogen-bond donors (Lipinski definition) is 2. The van der Waals surface area contributed by atoms with Gasteiger partial charge in [0.15, 0.2) is 5.75 Å². The van der Waals surface area contributed by atoms with Crippen molar-refractivity contribution in [1.82, 2.24) is 9.21 Å². The average molecular weight is 560 g/mol. The van der Waals surface area contributed by atoms with E-state index in [1.165, 1.54) is 54.4 Å². The molecule has 36 heavy (non-hydrogen) atoms. The van der Waals surface area contributed by atoms with Crippen molar-refractivity contribution in [3.05, 3.63) is 53.1 Å². The summed E-state index contributed by atoms with van der Waals surface area (Å²) in [6.45, 7) is 3.30. The molecule has 1 aliphatic rings. The van der Waals surface area contributed by atoms with Crippen LogP contribution in [0.4, 0.5) is 5.69 Å². The number of amides is 1. The molecule has 0 bridgehead atoms. The van der Waals surface area contributed by atoms with Crippen LogP contribution in [0, 0.1) is 5.92 Å². The Bertz CT molecular complexity index is 1320. The number of carbonyl (C=O) groups excluding carboxylic acids is 1. The number of benzene rings is 2. The molecular weight excluding hydrogens is 530 g/mol. The van der Waals surface area contributed by atoms with E-state index in [9.17, 15) is 26.7 Å². The maximum Gasteiger partial charge on any atom is 0.258 e. The maximum absolute atomic E-state index is 13.4. The summed E-state index contributed by atoms with van der Waals surface area (Å²) in [5.74, 6) is -0.821. The molecule has 13 heteroatoms. The van der Waals surface area contributed by atoms with Gasteiger partial charge in [-0.2, -0.15) is 4.31 Å². The number of carbonyl (C=O) groups is 1. The minimum atomic E-state index is -3.90. The number of nitrogens with zero attached hydrogens (tertiary/aromatic N) is 2. The fourth-order valence-corrected chi connectivity index (χ4v) is 5.75. The van der Waals surface area contributed by atoms with Gasteiger partial charge in [-0.05, 0) is 43.3 Å². The lowest BCUT2D eigenvalue weighted by Crippen LogP contribution is -2.50. The quantitative estimate of drug-likeness (QED) is 0.506. The van der Waals surface area contributed by atoms with Crippen LogP contribution in [0.25, 0.3) is 0 Å². The molecule has 2 N–H and O–H groups in total. The van der Waals surface area contributed by atoms with Crippen LogP contribution in [0.3, 0.4) is 0 Å². The number of para-hydroxylation sites is 1. The molecule has 1 amide bonds. The molecule has 10 nitrogen and oxygen atoms in total. The summed E-state index contributed by atoms with van der Waals surface area (Å²) >= 11 is 5.89. The molecule has 1 heterocycles. The Morgan fingerprint density at radius 2 is 1.83 bits per heavy atom. The van der Waals surface area contributed by atoms with Crippen LogP contribution < -0.4 is 9.46 Å². The summed E-state index contributed by atoms with van der Waals surface area (Å²) in [6.07, 6.45) is 0.212. The molecule has 0 aliphatic carbocycles. The lowest BCUT2D eigenvalue weighted by molar-refractivity contribution is 0.0389. The van der Waals surface area contributed by atoms with E-state index in [4.69, 9.17) is 16.3 Å². The predicted octanol–water partition coefficient (Wildman–Crippen LogP) is 2.25. The number of ether oxygens (including phenoxy) is 1. The second-order valence-corrected chi connectivity index (χ2v) is 13.1. The number of anilines is 1. The zero-order valence-corrected chi connectivity index (χ0v) is 22.8. The number of likely N-dealkylation sites (N-methyl/N-ethyl adjacent to an activating group) is 1. The van der Waals surface area contributed by atoms with E-state index < -0.39 is 38.1 Å². The Kier molecular flexibility index (Phi) is 8.56. The van der Waals surface area contributed by atoms with Crippen molar-refractivity contribution in [2.75, 3.05) is 37.7 Å². The Balaban J connectivity index is 2.05. The van der Waals surface area contributed by atoms with Crippen LogP contribution in [0.2, 0.25) is 5.02 Å². The predicted molar refractivity (Wildman–Crippen MR) is 137 cm³/mol. The van der Waals surface area contributed by atoms with Crippen molar-refractivity contribution in [1.29, 1.82) is 0 Å². The summed E-state index contributed by atoms with van der Waals surface area (Å²) in [7, 11) is -6.19. The second-order valence-electron chi connectivity index (χ2n) is 8.92. The molecule has 0 saturated heterocycles. The van der Waals surface area contributed by atoms with Crippen molar-refractivity contribution in [2.24, 2.45) is 5.92 Å². The van der Waals surface area contributed by atoms with Crippen LogP contribution in [0.5, 0.6) is 5.75 Å². The van der Waals surface area contributed by atoms with Gasteiger partial charge >= 0.3 is 0 Å². The van der Waals surface area contributed by atoms with E-state index >= 15 is 0 Å². The Morgan fingerprint density at radius 3 is 2.42 bits per heavy atom. The van der Waals surface area contributed by atoms with Crippen molar-refractivity contribution < 1.29 is 31.5 Å². The summed E-state index contributed by atoms with van der Waals surface area (Å²) < 4.78 is 60.1. The van der Waals surface area contributed by atoms with Gasteiger partial charge in [-0.15, -0.1) is 0 Å². The fourth-order valence-electron chi connectivity index (χ4n) is 3.88. The number of fused-ring (bicyclic) bond motifs is 1. The minimum Gasteiger partial charge on any atom is -0.486 e. The number of nitrogens with one attached hydrogen (secondary N) is 1. The highest BCUT2D eigenvalue weighted by Crippen LogP contribution is 2.35. The standard InChI is InChI=1S/C23H30ClN3O7S2/c1-15-12-27(16(2)14-28)23(29)19-6-5-7-20(25-35(4,30)31)22(19)34-21(15)13-26(3)36(32,33)18-10-8-17(24)9-11-18/h5-11,15-16,21,25,28H,12-14H2,1-4H3/t15-,16+,21+/m0/s1. The van der Waals surface area contributed by atoms with Gasteiger partial charge in [0.1, 0.15) is 6.10 Å². The van der Waals surface area contributed by atoms with E-state index in [0.29, 0.717) is 5.02 Å². The van der Waals surface area contributed by atoms with Gasteiger partial charge in [-0.3, -0.25) is 9.52 Å². The number of sulfonamides is 2. The van der Waals surface area contributed by atoms with Crippen molar-refractivity contribution in [3.63, 3.8) is 0 Å². The van der Waals surface area contributed by atoms with Gasteiger partial charge in [-0.25, -0.2) is 16.8 Å². The summed E-state index contributed by atoms with van der Waals surface area (Å²) in [5.41, 5.74) is 0.159. The lowest BCUT2D eigenvalue weighted by Gasteiger charge is -2.38. The lowest BCUT2D eigenvalue weighted by atomic mass is 9.99. The fraction of sp³-hybridized carbons (Fsp3) is 0.435. The average Bonchev–Trinajstić information content (AvgIpc) is 2.80. The Morgan fingerprint density at radius 1 is 1.19 bits per heavy atom.